The first-order chi connectivity index (χ1) is 6.00. The maximum atomic E-state index is 12.8. The van der Waals surface area contributed by atoms with Gasteiger partial charge in [0.25, 0.3) is 0 Å². The van der Waals surface area contributed by atoms with Gasteiger partial charge in [0, 0.05) is 6.92 Å². The Morgan fingerprint density at radius 2 is 2.23 bits per heavy atom. The van der Waals surface area contributed by atoms with Gasteiger partial charge in [-0.15, -0.1) is 0 Å². The molecule has 0 spiro atoms. The first-order valence-electron chi connectivity index (χ1n) is 3.53. The molecule has 3 nitrogen and oxygen atoms in total. The van der Waals surface area contributed by atoms with E-state index in [2.05, 4.69) is 5.32 Å². The molecule has 0 aliphatic heterocycles. The minimum atomic E-state index is -0.598. The molecule has 0 aliphatic carbocycles. The van der Waals surface area contributed by atoms with Gasteiger partial charge in [-0.1, -0.05) is 11.6 Å². The Balaban J connectivity index is 3.08. The second-order valence-corrected chi connectivity index (χ2v) is 2.94. The van der Waals surface area contributed by atoms with Gasteiger partial charge in [-0.05, 0) is 12.1 Å². The van der Waals surface area contributed by atoms with E-state index < -0.39 is 5.82 Å². The van der Waals surface area contributed by atoms with E-state index in [-0.39, 0.29) is 16.6 Å². The summed E-state index contributed by atoms with van der Waals surface area (Å²) in [6, 6.07) is 2.33. The average molecular weight is 203 g/mol. The van der Waals surface area contributed by atoms with Gasteiger partial charge in [-0.25, -0.2) is 4.39 Å². The van der Waals surface area contributed by atoms with Crippen LogP contribution in [0.25, 0.3) is 0 Å². The predicted octanol–water partition coefficient (Wildman–Crippen LogP) is 2.02. The number of rotatable bonds is 1. The minimum Gasteiger partial charge on any atom is -0.396 e. The Hall–Kier alpha value is -1.29. The molecule has 1 aromatic rings. The highest BCUT2D eigenvalue weighted by atomic mass is 35.5. The SMILES string of the molecule is CC(=O)Nc1cc(N)c(F)cc1Cl. The first-order valence-corrected chi connectivity index (χ1v) is 3.90. The Morgan fingerprint density at radius 3 is 2.77 bits per heavy atom. The highest BCUT2D eigenvalue weighted by Crippen LogP contribution is 2.26. The van der Waals surface area contributed by atoms with E-state index in [1.54, 1.807) is 0 Å². The van der Waals surface area contributed by atoms with E-state index in [4.69, 9.17) is 17.3 Å². The molecule has 0 saturated heterocycles. The lowest BCUT2D eigenvalue weighted by molar-refractivity contribution is -0.114. The third-order valence-electron chi connectivity index (χ3n) is 1.40. The number of halogens is 2. The van der Waals surface area contributed by atoms with Crippen molar-refractivity contribution in [2.75, 3.05) is 11.1 Å². The predicted molar refractivity (Wildman–Crippen MR) is 50.1 cm³/mol. The normalized spacial score (nSPS) is 9.77. The molecule has 0 bridgehead atoms. The third-order valence-corrected chi connectivity index (χ3v) is 1.71. The highest BCUT2D eigenvalue weighted by molar-refractivity contribution is 6.33. The number of nitrogens with two attached hydrogens (primary N) is 1. The Kier molecular flexibility index (Phi) is 2.72. The molecule has 70 valence electrons. The van der Waals surface area contributed by atoms with Crippen molar-refractivity contribution >= 4 is 28.9 Å². The summed E-state index contributed by atoms with van der Waals surface area (Å²) < 4.78 is 12.8. The average Bonchev–Trinajstić information content (AvgIpc) is 1.99. The van der Waals surface area contributed by atoms with Crippen LogP contribution in [0.5, 0.6) is 0 Å². The molecule has 13 heavy (non-hydrogen) atoms. The van der Waals surface area contributed by atoms with Crippen molar-refractivity contribution in [2.45, 2.75) is 6.92 Å². The first kappa shape index (κ1) is 9.80. The molecule has 5 heteroatoms. The topological polar surface area (TPSA) is 55.1 Å². The van der Waals surface area contributed by atoms with E-state index >= 15 is 0 Å². The number of nitrogens with one attached hydrogen (secondary N) is 1. The molecule has 0 atom stereocenters. The summed E-state index contributed by atoms with van der Waals surface area (Å²) in [7, 11) is 0. The smallest absolute Gasteiger partial charge is 0.221 e. The van der Waals surface area contributed by atoms with Gasteiger partial charge in [-0.3, -0.25) is 4.79 Å². The van der Waals surface area contributed by atoms with Crippen LogP contribution in [0.2, 0.25) is 5.02 Å². The van der Waals surface area contributed by atoms with E-state index in [0.29, 0.717) is 5.69 Å². The van der Waals surface area contributed by atoms with Crippen molar-refractivity contribution in [3.63, 3.8) is 0 Å². The summed E-state index contributed by atoms with van der Waals surface area (Å²) in [5.41, 5.74) is 5.55. The van der Waals surface area contributed by atoms with Crippen LogP contribution >= 0.6 is 11.6 Å². The second-order valence-electron chi connectivity index (χ2n) is 2.53. The fourth-order valence-corrected chi connectivity index (χ4v) is 1.05. The number of carbonyl (C=O) groups excluding carboxylic acids is 1. The van der Waals surface area contributed by atoms with Gasteiger partial charge in [0.2, 0.25) is 5.91 Å². The fraction of sp³-hybridized carbons (Fsp3) is 0.125. The van der Waals surface area contributed by atoms with Gasteiger partial charge < -0.3 is 11.1 Å². The monoisotopic (exact) mass is 202 g/mol. The highest BCUT2D eigenvalue weighted by Gasteiger charge is 2.06. The molecule has 0 fully saturated rings. The molecule has 0 aromatic heterocycles. The standard InChI is InChI=1S/C8H8ClFN2O/c1-4(13)12-8-3-7(11)6(10)2-5(8)9/h2-3H,11H2,1H3,(H,12,13). The van der Waals surface area contributed by atoms with Crippen LogP contribution in [0.4, 0.5) is 15.8 Å². The van der Waals surface area contributed by atoms with Crippen molar-refractivity contribution in [3.05, 3.63) is 23.0 Å². The summed E-state index contributed by atoms with van der Waals surface area (Å²) in [5, 5.41) is 2.55. The summed E-state index contributed by atoms with van der Waals surface area (Å²) in [6.07, 6.45) is 0. The number of carbonyl (C=O) groups is 1. The fourth-order valence-electron chi connectivity index (χ4n) is 0.851. The zero-order valence-electron chi connectivity index (χ0n) is 6.90. The number of benzene rings is 1. The maximum Gasteiger partial charge on any atom is 0.221 e. The maximum absolute atomic E-state index is 12.8. The van der Waals surface area contributed by atoms with E-state index in [1.807, 2.05) is 0 Å². The minimum absolute atomic E-state index is 0.0480. The summed E-state index contributed by atoms with van der Waals surface area (Å²) in [4.78, 5) is 10.7. The summed E-state index contributed by atoms with van der Waals surface area (Å²) in [6.45, 7) is 1.33. The number of anilines is 2. The summed E-state index contributed by atoms with van der Waals surface area (Å²) in [5.74, 6) is -0.882. The Morgan fingerprint density at radius 1 is 1.62 bits per heavy atom. The Labute approximate surface area is 79.7 Å². The lowest BCUT2D eigenvalue weighted by Crippen LogP contribution is -2.07. The zero-order valence-corrected chi connectivity index (χ0v) is 7.65. The van der Waals surface area contributed by atoms with Crippen LogP contribution < -0.4 is 11.1 Å². The molecule has 0 unspecified atom stereocenters. The Bertz CT molecular complexity index is 354. The van der Waals surface area contributed by atoms with Gasteiger partial charge in [0.1, 0.15) is 5.82 Å². The zero-order chi connectivity index (χ0) is 10.0. The van der Waals surface area contributed by atoms with Crippen LogP contribution in [-0.2, 0) is 4.79 Å². The number of hydrogen-bond acceptors (Lipinski definition) is 2. The van der Waals surface area contributed by atoms with E-state index in [0.717, 1.165) is 6.07 Å². The molecule has 0 saturated carbocycles. The number of hydrogen-bond donors (Lipinski definition) is 2. The molecule has 0 aliphatic rings. The van der Waals surface area contributed by atoms with Crippen LogP contribution in [0.3, 0.4) is 0 Å². The van der Waals surface area contributed by atoms with Crippen molar-refractivity contribution in [2.24, 2.45) is 0 Å². The second kappa shape index (κ2) is 3.62. The lowest BCUT2D eigenvalue weighted by Gasteiger charge is -2.06. The molecular formula is C8H8ClFN2O. The molecule has 3 N–H and O–H groups in total. The molecule has 1 rings (SSSR count). The van der Waals surface area contributed by atoms with Crippen molar-refractivity contribution in [1.29, 1.82) is 0 Å². The molecule has 0 radical (unpaired) electrons. The lowest BCUT2D eigenvalue weighted by atomic mass is 10.2. The van der Waals surface area contributed by atoms with Crippen molar-refractivity contribution < 1.29 is 9.18 Å². The third kappa shape index (κ3) is 2.32. The van der Waals surface area contributed by atoms with Gasteiger partial charge in [0.05, 0.1) is 16.4 Å². The van der Waals surface area contributed by atoms with Gasteiger partial charge >= 0.3 is 0 Å². The van der Waals surface area contributed by atoms with Gasteiger partial charge in [-0.2, -0.15) is 0 Å². The quantitative estimate of drug-likeness (QED) is 0.685. The molecule has 0 heterocycles. The van der Waals surface area contributed by atoms with E-state index in [9.17, 15) is 9.18 Å². The van der Waals surface area contributed by atoms with E-state index in [1.165, 1.54) is 13.0 Å². The molecule has 1 amide bonds. The van der Waals surface area contributed by atoms with Crippen LogP contribution in [0.15, 0.2) is 12.1 Å². The van der Waals surface area contributed by atoms with Gasteiger partial charge in [0.15, 0.2) is 0 Å². The largest absolute Gasteiger partial charge is 0.396 e. The number of nitrogen functional groups attached to an aromatic ring is 1. The van der Waals surface area contributed by atoms with Crippen LogP contribution in [-0.4, -0.2) is 5.91 Å². The number of amides is 1. The summed E-state index contributed by atoms with van der Waals surface area (Å²) >= 11 is 5.64. The van der Waals surface area contributed by atoms with Crippen LogP contribution in [0.1, 0.15) is 6.92 Å². The van der Waals surface area contributed by atoms with Crippen LogP contribution in [0, 0.1) is 5.82 Å². The van der Waals surface area contributed by atoms with Crippen molar-refractivity contribution in [3.8, 4) is 0 Å². The van der Waals surface area contributed by atoms with Crippen molar-refractivity contribution in [1.82, 2.24) is 0 Å². The molecular weight excluding hydrogens is 195 g/mol. The molecule has 1 aromatic carbocycles.